The molecule has 0 aromatic carbocycles. The molecule has 2 atom stereocenters. The van der Waals surface area contributed by atoms with E-state index in [1.807, 2.05) is 0 Å². The Morgan fingerprint density at radius 2 is 0.944 bits per heavy atom. The van der Waals surface area contributed by atoms with Gasteiger partial charge in [-0.2, -0.15) is 0 Å². The number of carbonyl (C=O) groups is 2. The Labute approximate surface area is 332 Å². The van der Waals surface area contributed by atoms with Gasteiger partial charge in [-0.3, -0.25) is 18.6 Å². The molecule has 0 bridgehead atoms. The first-order chi connectivity index (χ1) is 26.3. The van der Waals surface area contributed by atoms with E-state index < -0.39 is 26.5 Å². The van der Waals surface area contributed by atoms with Crippen LogP contribution in [0.3, 0.4) is 0 Å². The van der Waals surface area contributed by atoms with Crippen LogP contribution in [-0.4, -0.2) is 56.3 Å². The van der Waals surface area contributed by atoms with Crippen LogP contribution in [0.4, 0.5) is 0 Å². The highest BCUT2D eigenvalue weighted by atomic mass is 31.2. The lowest BCUT2D eigenvalue weighted by Gasteiger charge is -2.20. The third-order valence-corrected chi connectivity index (χ3v) is 10.5. The first-order valence-electron chi connectivity index (χ1n) is 22.3. The van der Waals surface area contributed by atoms with Crippen LogP contribution in [-0.2, 0) is 32.7 Å². The van der Waals surface area contributed by atoms with E-state index in [1.54, 1.807) is 7.05 Å². The van der Waals surface area contributed by atoms with Crippen molar-refractivity contribution in [1.82, 2.24) is 5.32 Å². The largest absolute Gasteiger partial charge is 0.472 e. The van der Waals surface area contributed by atoms with Crippen molar-refractivity contribution in [3.63, 3.8) is 0 Å². The molecule has 0 amide bonds. The van der Waals surface area contributed by atoms with E-state index in [0.717, 1.165) is 51.4 Å². The minimum Gasteiger partial charge on any atom is -0.462 e. The summed E-state index contributed by atoms with van der Waals surface area (Å²) in [6, 6.07) is 0. The molecule has 0 heterocycles. The molecule has 0 saturated heterocycles. The molecular formula is C44H84NO8P. The van der Waals surface area contributed by atoms with Crippen molar-refractivity contribution in [3.8, 4) is 0 Å². The standard InChI is InChI=1S/C44H84NO8P/c1-4-6-8-10-12-14-16-18-19-20-21-22-23-25-26-28-30-32-34-36-43(46)50-40-42(41-52-54(48,49)51-39-38-45-3)53-44(47)37-35-33-31-29-27-24-17-15-13-11-9-7-5-2/h15,17-19,42,45H,4-14,16,20-41H2,1-3H3,(H,48,49)/b17-15-,19-18-. The second-order valence-corrected chi connectivity index (χ2v) is 16.3. The van der Waals surface area contributed by atoms with Gasteiger partial charge in [0.05, 0.1) is 13.2 Å². The zero-order valence-electron chi connectivity index (χ0n) is 35.2. The van der Waals surface area contributed by atoms with Crippen molar-refractivity contribution < 1.29 is 37.6 Å². The summed E-state index contributed by atoms with van der Waals surface area (Å²) in [6.45, 7) is 4.21. The molecular weight excluding hydrogens is 701 g/mol. The fourth-order valence-corrected chi connectivity index (χ4v) is 6.88. The third-order valence-electron chi connectivity index (χ3n) is 9.54. The van der Waals surface area contributed by atoms with E-state index in [4.69, 9.17) is 18.5 Å². The Balaban J connectivity index is 4.17. The second-order valence-electron chi connectivity index (χ2n) is 14.9. The monoisotopic (exact) mass is 786 g/mol. The van der Waals surface area contributed by atoms with Gasteiger partial charge in [0.1, 0.15) is 6.61 Å². The van der Waals surface area contributed by atoms with Crippen molar-refractivity contribution in [2.45, 2.75) is 213 Å². The van der Waals surface area contributed by atoms with Crippen molar-refractivity contribution in [2.75, 3.05) is 33.4 Å². The van der Waals surface area contributed by atoms with Crippen molar-refractivity contribution in [3.05, 3.63) is 24.3 Å². The molecule has 10 heteroatoms. The van der Waals surface area contributed by atoms with Crippen LogP contribution < -0.4 is 5.32 Å². The Bertz CT molecular complexity index is 944. The number of unbranched alkanes of at least 4 members (excludes halogenated alkanes) is 24. The fraction of sp³-hybridized carbons (Fsp3) is 0.864. The summed E-state index contributed by atoms with van der Waals surface area (Å²) in [7, 11) is -2.65. The summed E-state index contributed by atoms with van der Waals surface area (Å²) in [5.41, 5.74) is 0. The molecule has 0 rings (SSSR count). The number of esters is 2. The number of hydrogen-bond acceptors (Lipinski definition) is 8. The van der Waals surface area contributed by atoms with Crippen LogP contribution in [0.25, 0.3) is 0 Å². The minimum atomic E-state index is -4.35. The number of nitrogens with one attached hydrogen (secondary N) is 1. The maximum atomic E-state index is 12.6. The summed E-state index contributed by atoms with van der Waals surface area (Å²) in [4.78, 5) is 35.0. The highest BCUT2D eigenvalue weighted by Crippen LogP contribution is 2.43. The van der Waals surface area contributed by atoms with E-state index in [0.29, 0.717) is 13.0 Å². The lowest BCUT2D eigenvalue weighted by Crippen LogP contribution is -2.29. The van der Waals surface area contributed by atoms with Crippen molar-refractivity contribution in [2.24, 2.45) is 0 Å². The first-order valence-corrected chi connectivity index (χ1v) is 23.8. The summed E-state index contributed by atoms with van der Waals surface area (Å²) in [5.74, 6) is -0.814. The molecule has 0 aliphatic carbocycles. The molecule has 0 aliphatic heterocycles. The quantitative estimate of drug-likeness (QED) is 0.0270. The predicted molar refractivity (Wildman–Crippen MR) is 225 cm³/mol. The Hall–Kier alpha value is -1.51. The summed E-state index contributed by atoms with van der Waals surface area (Å²) in [5, 5.41) is 2.82. The maximum absolute atomic E-state index is 12.6. The molecule has 2 unspecified atom stereocenters. The zero-order valence-corrected chi connectivity index (χ0v) is 36.1. The molecule has 0 fully saturated rings. The summed E-state index contributed by atoms with van der Waals surface area (Å²) in [6.07, 6.45) is 42.2. The average Bonchev–Trinajstić information content (AvgIpc) is 3.15. The normalized spacial score (nSPS) is 13.5. The number of allylic oxidation sites excluding steroid dienone is 4. The molecule has 318 valence electrons. The van der Waals surface area contributed by atoms with Crippen LogP contribution in [0.1, 0.15) is 206 Å². The Morgan fingerprint density at radius 3 is 1.39 bits per heavy atom. The molecule has 0 aliphatic rings. The minimum absolute atomic E-state index is 0.0176. The van der Waals surface area contributed by atoms with E-state index in [2.05, 4.69) is 43.5 Å². The van der Waals surface area contributed by atoms with Gasteiger partial charge in [0.25, 0.3) is 0 Å². The van der Waals surface area contributed by atoms with Crippen LogP contribution in [0, 0.1) is 0 Å². The zero-order chi connectivity index (χ0) is 39.6. The van der Waals surface area contributed by atoms with Gasteiger partial charge in [0.15, 0.2) is 6.10 Å². The lowest BCUT2D eigenvalue weighted by molar-refractivity contribution is -0.161. The van der Waals surface area contributed by atoms with Crippen LogP contribution in [0.5, 0.6) is 0 Å². The van der Waals surface area contributed by atoms with Crippen LogP contribution >= 0.6 is 7.82 Å². The van der Waals surface area contributed by atoms with E-state index >= 15 is 0 Å². The van der Waals surface area contributed by atoms with Crippen molar-refractivity contribution >= 4 is 19.8 Å². The van der Waals surface area contributed by atoms with Gasteiger partial charge in [0, 0.05) is 19.4 Å². The Kier molecular flexibility index (Phi) is 40.0. The van der Waals surface area contributed by atoms with Crippen LogP contribution in [0.2, 0.25) is 0 Å². The smallest absolute Gasteiger partial charge is 0.462 e. The van der Waals surface area contributed by atoms with Crippen molar-refractivity contribution in [1.29, 1.82) is 0 Å². The van der Waals surface area contributed by atoms with Gasteiger partial charge in [-0.15, -0.1) is 0 Å². The van der Waals surface area contributed by atoms with Gasteiger partial charge in [-0.25, -0.2) is 4.57 Å². The highest BCUT2D eigenvalue weighted by Gasteiger charge is 2.26. The second kappa shape index (κ2) is 41.1. The number of phosphoric ester groups is 1. The van der Waals surface area contributed by atoms with E-state index in [1.165, 1.54) is 122 Å². The highest BCUT2D eigenvalue weighted by molar-refractivity contribution is 7.47. The average molecular weight is 786 g/mol. The molecule has 0 spiro atoms. The number of hydrogen-bond donors (Lipinski definition) is 2. The maximum Gasteiger partial charge on any atom is 0.472 e. The van der Waals surface area contributed by atoms with Gasteiger partial charge in [-0.05, 0) is 71.3 Å². The third kappa shape index (κ3) is 40.2. The molecule has 54 heavy (non-hydrogen) atoms. The van der Waals surface area contributed by atoms with Crippen LogP contribution in [0.15, 0.2) is 24.3 Å². The molecule has 0 saturated carbocycles. The van der Waals surface area contributed by atoms with Gasteiger partial charge < -0.3 is 19.7 Å². The number of ether oxygens (including phenoxy) is 2. The summed E-state index contributed by atoms with van der Waals surface area (Å²) >= 11 is 0. The lowest BCUT2D eigenvalue weighted by atomic mass is 10.1. The summed E-state index contributed by atoms with van der Waals surface area (Å²) < 4.78 is 33.2. The SMILES string of the molecule is CCCCCC/C=C\CCCCCCCC(=O)OC(COC(=O)CCCCCCCCCCC/C=C\CCCCCCCC)COP(=O)(O)OCCNC. The fourth-order valence-electron chi connectivity index (χ4n) is 6.13. The number of rotatable bonds is 42. The van der Waals surface area contributed by atoms with Gasteiger partial charge >= 0.3 is 19.8 Å². The van der Waals surface area contributed by atoms with E-state index in [9.17, 15) is 19.0 Å². The predicted octanol–water partition coefficient (Wildman–Crippen LogP) is 12.6. The Morgan fingerprint density at radius 1 is 0.556 bits per heavy atom. The van der Waals surface area contributed by atoms with Gasteiger partial charge in [0.2, 0.25) is 0 Å². The first kappa shape index (κ1) is 52.5. The van der Waals surface area contributed by atoms with Gasteiger partial charge in [-0.1, -0.05) is 154 Å². The molecule has 0 aromatic rings. The molecule has 0 aromatic heterocycles. The number of likely N-dealkylation sites (N-methyl/N-ethyl adjacent to an activating group) is 1. The molecule has 2 N–H and O–H groups in total. The topological polar surface area (TPSA) is 120 Å². The number of phosphoric acid groups is 1. The number of carbonyl (C=O) groups excluding carboxylic acids is 2. The molecule has 9 nitrogen and oxygen atoms in total. The van der Waals surface area contributed by atoms with E-state index in [-0.39, 0.29) is 32.0 Å². The molecule has 0 radical (unpaired) electrons.